The summed E-state index contributed by atoms with van der Waals surface area (Å²) in [6.45, 7) is 11.7. The minimum Gasteiger partial charge on any atom is -0.299 e. The molecule has 0 saturated carbocycles. The Balaban J connectivity index is 1.79. The molecule has 5 nitrogen and oxygen atoms in total. The van der Waals surface area contributed by atoms with E-state index in [1.807, 2.05) is 12.1 Å². The largest absolute Gasteiger partial charge is 0.299 e. The molecule has 3 aromatic rings. The maximum absolute atomic E-state index is 12.6. The van der Waals surface area contributed by atoms with Crippen LogP contribution in [0, 0.1) is 12.5 Å². The van der Waals surface area contributed by atoms with Crippen LogP contribution in [0.2, 0.25) is 10.0 Å². The summed E-state index contributed by atoms with van der Waals surface area (Å²) in [4.78, 5) is 16.2. The van der Waals surface area contributed by atoms with Gasteiger partial charge in [0.05, 0.1) is 21.5 Å². The number of benzene rings is 3. The van der Waals surface area contributed by atoms with E-state index in [4.69, 9.17) is 34.9 Å². The van der Waals surface area contributed by atoms with Crippen molar-refractivity contribution < 1.29 is 13.2 Å². The first-order valence-corrected chi connectivity index (χ1v) is 12.9. The van der Waals surface area contributed by atoms with Crippen molar-refractivity contribution in [1.82, 2.24) is 0 Å². The van der Waals surface area contributed by atoms with E-state index in [9.17, 15) is 13.2 Å². The molecule has 0 atom stereocenters. The lowest BCUT2D eigenvalue weighted by Crippen LogP contribution is -2.12. The first-order chi connectivity index (χ1) is 16.0. The SMILES string of the molecule is [C-]#[N+]c1cc(-c2c(Cl)cc(CC(=O)Cc3ccc(S(N)(=O)=O)cc3)cc2Cl)ccc1CC(C)C. The minimum absolute atomic E-state index is 0.00327. The highest BCUT2D eigenvalue weighted by Crippen LogP contribution is 2.38. The van der Waals surface area contributed by atoms with Gasteiger partial charge in [0.25, 0.3) is 0 Å². The highest BCUT2D eigenvalue weighted by molar-refractivity contribution is 7.89. The van der Waals surface area contributed by atoms with Crippen molar-refractivity contribution in [3.63, 3.8) is 0 Å². The van der Waals surface area contributed by atoms with Crippen LogP contribution >= 0.6 is 23.2 Å². The fourth-order valence-corrected chi connectivity index (χ4v) is 5.02. The summed E-state index contributed by atoms with van der Waals surface area (Å²) in [7, 11) is -3.78. The summed E-state index contributed by atoms with van der Waals surface area (Å²) in [6, 6.07) is 15.0. The molecule has 0 aliphatic heterocycles. The molecule has 0 aliphatic rings. The molecule has 3 rings (SSSR count). The molecule has 176 valence electrons. The van der Waals surface area contributed by atoms with Crippen molar-refractivity contribution in [3.8, 4) is 11.1 Å². The summed E-state index contributed by atoms with van der Waals surface area (Å²) in [6.07, 6.45) is 1.07. The van der Waals surface area contributed by atoms with Crippen molar-refractivity contribution in [3.05, 3.63) is 92.8 Å². The standard InChI is InChI=1S/C26H24Cl2N2O3S/c1-16(2)10-19-6-7-20(15-25(19)30-3)26-23(27)13-18(14-24(26)28)12-21(31)11-17-4-8-22(9-5-17)34(29,32)33/h4-9,13-16H,10-12H2,1-2H3,(H2,29,32,33). The van der Waals surface area contributed by atoms with Gasteiger partial charge in [-0.3, -0.25) is 4.79 Å². The number of nitrogens with zero attached hydrogens (tertiary/aromatic N) is 1. The summed E-state index contributed by atoms with van der Waals surface area (Å²) < 4.78 is 22.7. The number of ketones is 1. The number of hydrogen-bond donors (Lipinski definition) is 1. The molecule has 2 N–H and O–H groups in total. The number of Topliss-reactive ketones (excluding diaryl/α,β-unsaturated/α-hetero) is 1. The lowest BCUT2D eigenvalue weighted by Gasteiger charge is -2.13. The highest BCUT2D eigenvalue weighted by Gasteiger charge is 2.15. The van der Waals surface area contributed by atoms with Gasteiger partial charge in [0.15, 0.2) is 5.69 Å². The molecule has 0 unspecified atom stereocenters. The van der Waals surface area contributed by atoms with E-state index >= 15 is 0 Å². The average Bonchev–Trinajstić information content (AvgIpc) is 2.73. The fraction of sp³-hybridized carbons (Fsp3) is 0.231. The molecule has 8 heteroatoms. The molecular weight excluding hydrogens is 491 g/mol. The van der Waals surface area contributed by atoms with Crippen LogP contribution in [0.3, 0.4) is 0 Å². The topological polar surface area (TPSA) is 81.6 Å². The molecule has 0 bridgehead atoms. The second kappa shape index (κ2) is 10.7. The van der Waals surface area contributed by atoms with Gasteiger partial charge in [0.1, 0.15) is 5.78 Å². The number of rotatable bonds is 8. The van der Waals surface area contributed by atoms with Crippen molar-refractivity contribution in [2.45, 2.75) is 38.0 Å². The van der Waals surface area contributed by atoms with Crippen molar-refractivity contribution in [2.24, 2.45) is 11.1 Å². The third-order valence-corrected chi connectivity index (χ3v) is 6.80. The second-order valence-electron chi connectivity index (χ2n) is 8.57. The Hall–Kier alpha value is -2.69. The van der Waals surface area contributed by atoms with Crippen LogP contribution in [0.25, 0.3) is 16.0 Å². The number of carbonyl (C=O) groups is 1. The van der Waals surface area contributed by atoms with E-state index in [0.717, 1.165) is 17.5 Å². The number of carbonyl (C=O) groups excluding carboxylic acids is 1. The Morgan fingerprint density at radius 1 is 0.971 bits per heavy atom. The van der Waals surface area contributed by atoms with Gasteiger partial charge in [-0.25, -0.2) is 18.4 Å². The number of halogens is 2. The smallest absolute Gasteiger partial charge is 0.238 e. The highest BCUT2D eigenvalue weighted by atomic mass is 35.5. The Morgan fingerprint density at radius 2 is 1.56 bits per heavy atom. The Kier molecular flexibility index (Phi) is 8.17. The molecule has 0 spiro atoms. The maximum Gasteiger partial charge on any atom is 0.238 e. The average molecular weight is 515 g/mol. The van der Waals surface area contributed by atoms with Gasteiger partial charge >= 0.3 is 0 Å². The van der Waals surface area contributed by atoms with Gasteiger partial charge in [0.2, 0.25) is 10.0 Å². The van der Waals surface area contributed by atoms with E-state index in [0.29, 0.717) is 38.3 Å². The lowest BCUT2D eigenvalue weighted by atomic mass is 9.96. The first-order valence-electron chi connectivity index (χ1n) is 10.6. The van der Waals surface area contributed by atoms with Crippen LogP contribution < -0.4 is 5.14 Å². The van der Waals surface area contributed by atoms with E-state index in [1.54, 1.807) is 30.3 Å². The fourth-order valence-electron chi connectivity index (χ4n) is 3.75. The molecule has 34 heavy (non-hydrogen) atoms. The van der Waals surface area contributed by atoms with Crippen molar-refractivity contribution in [2.75, 3.05) is 0 Å². The third kappa shape index (κ3) is 6.46. The maximum atomic E-state index is 12.6. The monoisotopic (exact) mass is 514 g/mol. The summed E-state index contributed by atoms with van der Waals surface area (Å²) in [5, 5.41) is 5.91. The number of hydrogen-bond acceptors (Lipinski definition) is 3. The number of sulfonamides is 1. The van der Waals surface area contributed by atoms with Crippen molar-refractivity contribution in [1.29, 1.82) is 0 Å². The van der Waals surface area contributed by atoms with Crippen molar-refractivity contribution >= 4 is 44.7 Å². The molecule has 3 aromatic carbocycles. The molecule has 0 aliphatic carbocycles. The Morgan fingerprint density at radius 3 is 2.09 bits per heavy atom. The second-order valence-corrected chi connectivity index (χ2v) is 10.9. The van der Waals surface area contributed by atoms with Crippen LogP contribution in [0.15, 0.2) is 59.5 Å². The predicted molar refractivity (Wildman–Crippen MR) is 137 cm³/mol. The van der Waals surface area contributed by atoms with E-state index in [2.05, 4.69) is 18.7 Å². The predicted octanol–water partition coefficient (Wildman–Crippen LogP) is 6.41. The van der Waals surface area contributed by atoms with E-state index < -0.39 is 10.0 Å². The third-order valence-electron chi connectivity index (χ3n) is 5.28. The normalized spacial score (nSPS) is 11.4. The molecule has 0 amide bonds. The van der Waals surface area contributed by atoms with Gasteiger partial charge in [-0.1, -0.05) is 61.3 Å². The van der Waals surface area contributed by atoms with Gasteiger partial charge in [-0.15, -0.1) is 0 Å². The van der Waals surface area contributed by atoms with E-state index in [-0.39, 0.29) is 23.5 Å². The first kappa shape index (κ1) is 25.9. The quantitative estimate of drug-likeness (QED) is 0.352. The Labute approximate surface area is 210 Å². The number of primary sulfonamides is 1. The minimum atomic E-state index is -3.78. The van der Waals surface area contributed by atoms with Crippen LogP contribution in [-0.2, 0) is 34.1 Å². The molecule has 0 saturated heterocycles. The summed E-state index contributed by atoms with van der Waals surface area (Å²) >= 11 is 13.1. The zero-order chi connectivity index (χ0) is 25.0. The van der Waals surface area contributed by atoms with Gasteiger partial charge < -0.3 is 0 Å². The van der Waals surface area contributed by atoms with Crippen LogP contribution in [0.5, 0.6) is 0 Å². The molecule has 0 radical (unpaired) electrons. The zero-order valence-corrected chi connectivity index (χ0v) is 21.1. The molecule has 0 heterocycles. The van der Waals surface area contributed by atoms with Gasteiger partial charge in [0, 0.05) is 18.4 Å². The zero-order valence-electron chi connectivity index (χ0n) is 18.8. The Bertz CT molecular complexity index is 1350. The molecular formula is C26H24Cl2N2O3S. The lowest BCUT2D eigenvalue weighted by molar-refractivity contribution is -0.117. The summed E-state index contributed by atoms with van der Waals surface area (Å²) in [5.41, 5.74) is 4.29. The van der Waals surface area contributed by atoms with Gasteiger partial charge in [-0.2, -0.15) is 0 Å². The molecule has 0 fully saturated rings. The summed E-state index contributed by atoms with van der Waals surface area (Å²) in [5.74, 6) is 0.360. The number of nitrogens with two attached hydrogens (primary N) is 1. The van der Waals surface area contributed by atoms with E-state index in [1.165, 1.54) is 12.1 Å². The van der Waals surface area contributed by atoms with Crippen LogP contribution in [0.4, 0.5) is 5.69 Å². The molecule has 0 aromatic heterocycles. The van der Waals surface area contributed by atoms with Crippen LogP contribution in [0.1, 0.15) is 30.5 Å². The van der Waals surface area contributed by atoms with Crippen LogP contribution in [-0.4, -0.2) is 14.2 Å². The van der Waals surface area contributed by atoms with Gasteiger partial charge in [-0.05, 0) is 64.9 Å².